The largest absolute Gasteiger partial charge is 0.375 e. The zero-order valence-corrected chi connectivity index (χ0v) is 12.1. The molecule has 0 bridgehead atoms. The number of amides is 1. The van der Waals surface area contributed by atoms with Crippen LogP contribution in [0.15, 0.2) is 42.5 Å². The molecule has 0 heterocycles. The standard InChI is InChI=1S/C17H17N3O/c1-12-6-8-14(9-7-12)20-17(21)11-19-16-5-3-4-13(2)15(16)10-18/h3-9,19H,11H2,1-2H3,(H,20,21). The van der Waals surface area contributed by atoms with Crippen molar-refractivity contribution in [3.63, 3.8) is 0 Å². The van der Waals surface area contributed by atoms with Crippen LogP contribution in [-0.4, -0.2) is 12.5 Å². The zero-order valence-electron chi connectivity index (χ0n) is 12.1. The van der Waals surface area contributed by atoms with Gasteiger partial charge in [0.25, 0.3) is 0 Å². The SMILES string of the molecule is Cc1ccc(NC(=O)CNc2cccc(C)c2C#N)cc1. The molecule has 0 saturated heterocycles. The zero-order chi connectivity index (χ0) is 15.2. The number of nitrogens with zero attached hydrogens (tertiary/aromatic N) is 1. The molecule has 2 N–H and O–H groups in total. The second kappa shape index (κ2) is 6.58. The van der Waals surface area contributed by atoms with E-state index in [4.69, 9.17) is 5.26 Å². The highest BCUT2D eigenvalue weighted by atomic mass is 16.1. The van der Waals surface area contributed by atoms with Crippen LogP contribution >= 0.6 is 0 Å². The number of carbonyl (C=O) groups excluding carboxylic acids is 1. The molecule has 21 heavy (non-hydrogen) atoms. The van der Waals surface area contributed by atoms with Gasteiger partial charge in [0, 0.05) is 5.69 Å². The quantitative estimate of drug-likeness (QED) is 0.903. The van der Waals surface area contributed by atoms with Crippen LogP contribution in [0, 0.1) is 25.2 Å². The van der Waals surface area contributed by atoms with E-state index < -0.39 is 0 Å². The fraction of sp³-hybridized carbons (Fsp3) is 0.176. The van der Waals surface area contributed by atoms with Gasteiger partial charge in [-0.05, 0) is 37.6 Å². The van der Waals surface area contributed by atoms with Crippen molar-refractivity contribution < 1.29 is 4.79 Å². The average Bonchev–Trinajstić information content (AvgIpc) is 2.47. The fourth-order valence-corrected chi connectivity index (χ4v) is 1.98. The smallest absolute Gasteiger partial charge is 0.243 e. The number of anilines is 2. The molecule has 0 unspecified atom stereocenters. The molecule has 0 spiro atoms. The predicted octanol–water partition coefficient (Wildman–Crippen LogP) is 3.23. The van der Waals surface area contributed by atoms with Crippen molar-refractivity contribution in [3.8, 4) is 6.07 Å². The van der Waals surface area contributed by atoms with Crippen LogP contribution in [-0.2, 0) is 4.79 Å². The van der Waals surface area contributed by atoms with Crippen molar-refractivity contribution in [1.82, 2.24) is 0 Å². The molecule has 2 rings (SSSR count). The summed E-state index contributed by atoms with van der Waals surface area (Å²) in [6, 6.07) is 15.3. The molecule has 0 aliphatic rings. The maximum atomic E-state index is 11.9. The Morgan fingerprint density at radius 2 is 1.86 bits per heavy atom. The molecule has 0 saturated carbocycles. The Kier molecular flexibility index (Phi) is 4.57. The first-order valence-corrected chi connectivity index (χ1v) is 6.70. The Bertz CT molecular complexity index is 684. The van der Waals surface area contributed by atoms with Crippen molar-refractivity contribution in [2.75, 3.05) is 17.2 Å². The van der Waals surface area contributed by atoms with Gasteiger partial charge < -0.3 is 10.6 Å². The third-order valence-corrected chi connectivity index (χ3v) is 3.16. The maximum Gasteiger partial charge on any atom is 0.243 e. The lowest BCUT2D eigenvalue weighted by atomic mass is 10.1. The van der Waals surface area contributed by atoms with E-state index in [1.54, 1.807) is 6.07 Å². The van der Waals surface area contributed by atoms with Gasteiger partial charge in [-0.25, -0.2) is 0 Å². The van der Waals surface area contributed by atoms with Crippen LogP contribution in [0.2, 0.25) is 0 Å². The first-order valence-electron chi connectivity index (χ1n) is 6.70. The molecule has 0 aliphatic heterocycles. The number of aryl methyl sites for hydroxylation is 2. The molecule has 1 amide bonds. The number of rotatable bonds is 4. The number of hydrogen-bond donors (Lipinski definition) is 2. The van der Waals surface area contributed by atoms with E-state index in [1.807, 2.05) is 50.2 Å². The second-order valence-electron chi connectivity index (χ2n) is 4.88. The van der Waals surface area contributed by atoms with Crippen molar-refractivity contribution >= 4 is 17.3 Å². The molecule has 0 aliphatic carbocycles. The Morgan fingerprint density at radius 1 is 1.14 bits per heavy atom. The minimum absolute atomic E-state index is 0.117. The third kappa shape index (κ3) is 3.83. The summed E-state index contributed by atoms with van der Waals surface area (Å²) < 4.78 is 0. The van der Waals surface area contributed by atoms with Gasteiger partial charge in [-0.15, -0.1) is 0 Å². The van der Waals surface area contributed by atoms with Gasteiger partial charge in [-0.1, -0.05) is 29.8 Å². The second-order valence-corrected chi connectivity index (χ2v) is 4.88. The first kappa shape index (κ1) is 14.6. The van der Waals surface area contributed by atoms with Gasteiger partial charge >= 0.3 is 0 Å². The molecule has 106 valence electrons. The molecule has 0 radical (unpaired) electrons. The highest BCUT2D eigenvalue weighted by Crippen LogP contribution is 2.18. The van der Waals surface area contributed by atoms with E-state index >= 15 is 0 Å². The van der Waals surface area contributed by atoms with Crippen LogP contribution in [0.1, 0.15) is 16.7 Å². The summed E-state index contributed by atoms with van der Waals surface area (Å²) in [5, 5.41) is 14.9. The minimum Gasteiger partial charge on any atom is -0.375 e. The molecule has 2 aromatic carbocycles. The van der Waals surface area contributed by atoms with Gasteiger partial charge in [-0.2, -0.15) is 5.26 Å². The highest BCUT2D eigenvalue weighted by molar-refractivity contribution is 5.93. The molecule has 0 fully saturated rings. The van der Waals surface area contributed by atoms with Crippen LogP contribution < -0.4 is 10.6 Å². The van der Waals surface area contributed by atoms with E-state index in [0.717, 1.165) is 16.8 Å². The summed E-state index contributed by atoms with van der Waals surface area (Å²) in [4.78, 5) is 11.9. The number of nitrogens with one attached hydrogen (secondary N) is 2. The van der Waals surface area contributed by atoms with Gasteiger partial charge in [0.1, 0.15) is 6.07 Å². The van der Waals surface area contributed by atoms with Crippen LogP contribution in [0.25, 0.3) is 0 Å². The van der Waals surface area contributed by atoms with Gasteiger partial charge in [0.05, 0.1) is 17.8 Å². The van der Waals surface area contributed by atoms with Crippen molar-refractivity contribution in [3.05, 3.63) is 59.2 Å². The van der Waals surface area contributed by atoms with Crippen LogP contribution in [0.5, 0.6) is 0 Å². The summed E-state index contributed by atoms with van der Waals surface area (Å²) in [6.07, 6.45) is 0. The molecule has 0 aromatic heterocycles. The number of carbonyl (C=O) groups is 1. The Morgan fingerprint density at radius 3 is 2.52 bits per heavy atom. The Balaban J connectivity index is 1.97. The van der Waals surface area contributed by atoms with Gasteiger partial charge in [0.15, 0.2) is 0 Å². The summed E-state index contributed by atoms with van der Waals surface area (Å²) in [5.74, 6) is -0.149. The van der Waals surface area contributed by atoms with Gasteiger partial charge in [0.2, 0.25) is 5.91 Å². The monoisotopic (exact) mass is 279 g/mol. The summed E-state index contributed by atoms with van der Waals surface area (Å²) in [5.41, 5.74) is 4.04. The fourth-order valence-electron chi connectivity index (χ4n) is 1.98. The van der Waals surface area contributed by atoms with E-state index in [1.165, 1.54) is 0 Å². The van der Waals surface area contributed by atoms with Crippen LogP contribution in [0.3, 0.4) is 0 Å². The Labute approximate surface area is 124 Å². The number of hydrogen-bond acceptors (Lipinski definition) is 3. The van der Waals surface area contributed by atoms with Crippen LogP contribution in [0.4, 0.5) is 11.4 Å². The topological polar surface area (TPSA) is 64.9 Å². The van der Waals surface area contributed by atoms with E-state index in [0.29, 0.717) is 11.3 Å². The predicted molar refractivity (Wildman–Crippen MR) is 84.2 cm³/mol. The Hall–Kier alpha value is -2.80. The third-order valence-electron chi connectivity index (χ3n) is 3.16. The molecule has 0 atom stereocenters. The molecular weight excluding hydrogens is 262 g/mol. The summed E-state index contributed by atoms with van der Waals surface area (Å²) >= 11 is 0. The van der Waals surface area contributed by atoms with E-state index in [-0.39, 0.29) is 12.5 Å². The molecule has 4 nitrogen and oxygen atoms in total. The molecule has 4 heteroatoms. The van der Waals surface area contributed by atoms with E-state index in [2.05, 4.69) is 16.7 Å². The lowest BCUT2D eigenvalue weighted by Crippen LogP contribution is -2.22. The lowest BCUT2D eigenvalue weighted by molar-refractivity contribution is -0.114. The normalized spacial score (nSPS) is 9.76. The summed E-state index contributed by atoms with van der Waals surface area (Å²) in [6.45, 7) is 3.98. The molecule has 2 aromatic rings. The molecular formula is C17H17N3O. The number of benzene rings is 2. The summed E-state index contributed by atoms with van der Waals surface area (Å²) in [7, 11) is 0. The average molecular weight is 279 g/mol. The first-order chi connectivity index (χ1) is 10.1. The van der Waals surface area contributed by atoms with Crippen molar-refractivity contribution in [1.29, 1.82) is 5.26 Å². The lowest BCUT2D eigenvalue weighted by Gasteiger charge is -2.10. The van der Waals surface area contributed by atoms with Crippen molar-refractivity contribution in [2.45, 2.75) is 13.8 Å². The van der Waals surface area contributed by atoms with E-state index in [9.17, 15) is 4.79 Å². The maximum absolute atomic E-state index is 11.9. The van der Waals surface area contributed by atoms with Crippen molar-refractivity contribution in [2.24, 2.45) is 0 Å². The highest BCUT2D eigenvalue weighted by Gasteiger charge is 2.07. The minimum atomic E-state index is -0.149. The van der Waals surface area contributed by atoms with Gasteiger partial charge in [-0.3, -0.25) is 4.79 Å². The number of nitriles is 1.